The SMILES string of the molecule is COCOC(CC(C)C)C(F)(F)C(=O)O. The fraction of sp³-hybridized carbons (Fsp3) is 0.889. The standard InChI is InChI=1S/C9H16F2O4/c1-6(2)4-7(15-5-14-3)9(10,11)8(12)13/h6-7H,4-5H2,1-3H3,(H,12,13). The first-order valence-corrected chi connectivity index (χ1v) is 4.54. The van der Waals surface area contributed by atoms with Crippen LogP contribution in [0.4, 0.5) is 8.78 Å². The maximum atomic E-state index is 13.1. The highest BCUT2D eigenvalue weighted by Gasteiger charge is 2.48. The smallest absolute Gasteiger partial charge is 0.377 e. The Kier molecular flexibility index (Phi) is 5.67. The summed E-state index contributed by atoms with van der Waals surface area (Å²) in [4.78, 5) is 10.3. The highest BCUT2D eigenvalue weighted by molar-refractivity contribution is 5.76. The molecule has 0 bridgehead atoms. The molecule has 0 amide bonds. The summed E-state index contributed by atoms with van der Waals surface area (Å²) in [5.74, 6) is -6.15. The molecule has 0 radical (unpaired) electrons. The number of alkyl halides is 2. The van der Waals surface area contributed by atoms with Crippen molar-refractivity contribution in [2.24, 2.45) is 5.92 Å². The molecule has 0 saturated carbocycles. The Hall–Kier alpha value is -0.750. The van der Waals surface area contributed by atoms with Crippen molar-refractivity contribution in [2.75, 3.05) is 13.9 Å². The first kappa shape index (κ1) is 14.2. The highest BCUT2D eigenvalue weighted by Crippen LogP contribution is 2.26. The van der Waals surface area contributed by atoms with Crippen molar-refractivity contribution < 1.29 is 28.2 Å². The molecule has 1 atom stereocenters. The summed E-state index contributed by atoms with van der Waals surface area (Å²) in [6.07, 6.45) is -1.70. The quantitative estimate of drug-likeness (QED) is 0.672. The Balaban J connectivity index is 4.52. The minimum atomic E-state index is -3.89. The second-order valence-corrected chi connectivity index (χ2v) is 3.62. The van der Waals surface area contributed by atoms with Crippen molar-refractivity contribution in [3.8, 4) is 0 Å². The first-order valence-electron chi connectivity index (χ1n) is 4.54. The number of ether oxygens (including phenoxy) is 2. The maximum absolute atomic E-state index is 13.1. The van der Waals surface area contributed by atoms with E-state index in [1.54, 1.807) is 13.8 Å². The molecule has 0 spiro atoms. The van der Waals surface area contributed by atoms with Gasteiger partial charge in [-0.1, -0.05) is 13.8 Å². The molecule has 0 heterocycles. The lowest BCUT2D eigenvalue weighted by Crippen LogP contribution is -2.44. The van der Waals surface area contributed by atoms with Crippen molar-refractivity contribution in [3.05, 3.63) is 0 Å². The van der Waals surface area contributed by atoms with E-state index in [4.69, 9.17) is 5.11 Å². The van der Waals surface area contributed by atoms with E-state index in [1.165, 1.54) is 7.11 Å². The molecule has 0 aliphatic heterocycles. The van der Waals surface area contributed by atoms with Crippen molar-refractivity contribution in [1.82, 2.24) is 0 Å². The molecule has 6 heteroatoms. The molecule has 0 saturated heterocycles. The van der Waals surface area contributed by atoms with Gasteiger partial charge in [-0.15, -0.1) is 0 Å². The van der Waals surface area contributed by atoms with E-state index in [1.807, 2.05) is 0 Å². The Morgan fingerprint density at radius 2 is 2.00 bits per heavy atom. The summed E-state index contributed by atoms with van der Waals surface area (Å²) < 4.78 is 35.4. The molecule has 0 aromatic carbocycles. The van der Waals surface area contributed by atoms with Crippen LogP contribution in [-0.2, 0) is 14.3 Å². The molecule has 0 rings (SSSR count). The number of aliphatic carboxylic acids is 1. The molecular formula is C9H16F2O4. The van der Waals surface area contributed by atoms with Gasteiger partial charge in [0.25, 0.3) is 0 Å². The zero-order valence-corrected chi connectivity index (χ0v) is 9.00. The minimum absolute atomic E-state index is 0.0390. The van der Waals surface area contributed by atoms with Crippen LogP contribution in [-0.4, -0.2) is 37.0 Å². The fourth-order valence-electron chi connectivity index (χ4n) is 1.04. The van der Waals surface area contributed by atoms with Crippen LogP contribution in [0.5, 0.6) is 0 Å². The number of carboxylic acids is 1. The predicted molar refractivity (Wildman–Crippen MR) is 48.8 cm³/mol. The molecule has 0 aliphatic rings. The number of halogens is 2. The minimum Gasteiger partial charge on any atom is -0.477 e. The van der Waals surface area contributed by atoms with Gasteiger partial charge in [-0.3, -0.25) is 0 Å². The summed E-state index contributed by atoms with van der Waals surface area (Å²) in [6.45, 7) is 3.07. The van der Waals surface area contributed by atoms with Gasteiger partial charge >= 0.3 is 11.9 Å². The van der Waals surface area contributed by atoms with Crippen LogP contribution >= 0.6 is 0 Å². The van der Waals surface area contributed by atoms with Crippen LogP contribution in [0.2, 0.25) is 0 Å². The number of rotatable bonds is 7. The summed E-state index contributed by atoms with van der Waals surface area (Å²) in [7, 11) is 1.28. The average Bonchev–Trinajstić information content (AvgIpc) is 2.11. The van der Waals surface area contributed by atoms with Crippen LogP contribution in [0.3, 0.4) is 0 Å². The van der Waals surface area contributed by atoms with E-state index >= 15 is 0 Å². The van der Waals surface area contributed by atoms with Gasteiger partial charge in [0.05, 0.1) is 0 Å². The van der Waals surface area contributed by atoms with Gasteiger partial charge in [0.15, 0.2) is 0 Å². The highest BCUT2D eigenvalue weighted by atomic mass is 19.3. The van der Waals surface area contributed by atoms with Gasteiger partial charge in [-0.25, -0.2) is 4.79 Å². The van der Waals surface area contributed by atoms with Crippen LogP contribution in [0, 0.1) is 5.92 Å². The lowest BCUT2D eigenvalue weighted by atomic mass is 10.0. The zero-order valence-electron chi connectivity index (χ0n) is 9.00. The van der Waals surface area contributed by atoms with E-state index in [-0.39, 0.29) is 19.1 Å². The molecular weight excluding hydrogens is 210 g/mol. The lowest BCUT2D eigenvalue weighted by molar-refractivity contribution is -0.204. The lowest BCUT2D eigenvalue weighted by Gasteiger charge is -2.24. The van der Waals surface area contributed by atoms with Crippen LogP contribution in [0.15, 0.2) is 0 Å². The number of hydrogen-bond acceptors (Lipinski definition) is 3. The third-order valence-corrected chi connectivity index (χ3v) is 1.76. The maximum Gasteiger partial charge on any atom is 0.377 e. The van der Waals surface area contributed by atoms with Crippen molar-refractivity contribution in [1.29, 1.82) is 0 Å². The van der Waals surface area contributed by atoms with Gasteiger partial charge in [0, 0.05) is 7.11 Å². The van der Waals surface area contributed by atoms with Gasteiger partial charge in [0.1, 0.15) is 12.9 Å². The number of carboxylic acid groups (broad SMARTS) is 1. The summed E-state index contributed by atoms with van der Waals surface area (Å²) in [5.41, 5.74) is 0. The normalized spacial score (nSPS) is 14.3. The van der Waals surface area contributed by atoms with Gasteiger partial charge in [0.2, 0.25) is 0 Å². The molecule has 0 fully saturated rings. The summed E-state index contributed by atoms with van der Waals surface area (Å²) >= 11 is 0. The number of methoxy groups -OCH3 is 1. The largest absolute Gasteiger partial charge is 0.477 e. The third kappa shape index (κ3) is 4.53. The topological polar surface area (TPSA) is 55.8 Å². The number of hydrogen-bond donors (Lipinski definition) is 1. The van der Waals surface area contributed by atoms with Gasteiger partial charge in [-0.2, -0.15) is 8.78 Å². The van der Waals surface area contributed by atoms with Crippen molar-refractivity contribution in [3.63, 3.8) is 0 Å². The fourth-order valence-corrected chi connectivity index (χ4v) is 1.04. The number of carbonyl (C=O) groups is 1. The van der Waals surface area contributed by atoms with E-state index in [0.717, 1.165) is 0 Å². The monoisotopic (exact) mass is 226 g/mol. The molecule has 15 heavy (non-hydrogen) atoms. The Morgan fingerprint density at radius 3 is 2.33 bits per heavy atom. The Bertz CT molecular complexity index is 206. The van der Waals surface area contributed by atoms with Crippen molar-refractivity contribution in [2.45, 2.75) is 32.3 Å². The molecule has 0 aromatic heterocycles. The molecule has 90 valence electrons. The van der Waals surface area contributed by atoms with Crippen molar-refractivity contribution >= 4 is 5.97 Å². The predicted octanol–water partition coefficient (Wildman–Crippen LogP) is 1.74. The van der Waals surface area contributed by atoms with E-state index < -0.39 is 18.0 Å². The van der Waals surface area contributed by atoms with Crippen LogP contribution < -0.4 is 0 Å². The van der Waals surface area contributed by atoms with Gasteiger partial charge in [-0.05, 0) is 12.3 Å². The Labute approximate surface area is 87.2 Å². The van der Waals surface area contributed by atoms with E-state index in [9.17, 15) is 13.6 Å². The second-order valence-electron chi connectivity index (χ2n) is 3.62. The summed E-state index contributed by atoms with van der Waals surface area (Å²) in [6, 6.07) is 0. The molecule has 0 aliphatic carbocycles. The van der Waals surface area contributed by atoms with Crippen LogP contribution in [0.25, 0.3) is 0 Å². The average molecular weight is 226 g/mol. The van der Waals surface area contributed by atoms with Crippen LogP contribution in [0.1, 0.15) is 20.3 Å². The molecule has 1 N–H and O–H groups in total. The van der Waals surface area contributed by atoms with E-state index in [2.05, 4.69) is 9.47 Å². The second kappa shape index (κ2) is 5.97. The first-order chi connectivity index (χ1) is 6.82. The van der Waals surface area contributed by atoms with Gasteiger partial charge < -0.3 is 14.6 Å². The zero-order chi connectivity index (χ0) is 12.1. The summed E-state index contributed by atoms with van der Waals surface area (Å²) in [5, 5.41) is 8.35. The third-order valence-electron chi connectivity index (χ3n) is 1.76. The van der Waals surface area contributed by atoms with E-state index in [0.29, 0.717) is 0 Å². The molecule has 0 aromatic rings. The molecule has 4 nitrogen and oxygen atoms in total. The molecule has 1 unspecified atom stereocenters. The Morgan fingerprint density at radius 1 is 1.47 bits per heavy atom.